The van der Waals surface area contributed by atoms with E-state index in [2.05, 4.69) is 5.32 Å². The Morgan fingerprint density at radius 2 is 1.64 bits per heavy atom. The Labute approximate surface area is 144 Å². The molecule has 8 heteroatoms. The van der Waals surface area contributed by atoms with Crippen LogP contribution in [0.4, 0.5) is 5.69 Å². The van der Waals surface area contributed by atoms with E-state index in [0.29, 0.717) is 5.69 Å². The highest BCUT2D eigenvalue weighted by Crippen LogP contribution is 2.25. The van der Waals surface area contributed by atoms with Crippen LogP contribution >= 0.6 is 0 Å². The first-order valence-electron chi connectivity index (χ1n) is 7.27. The lowest BCUT2D eigenvalue weighted by Gasteiger charge is -2.09. The summed E-state index contributed by atoms with van der Waals surface area (Å²) in [6, 6.07) is 10.2. The molecule has 1 heterocycles. The number of sulfone groups is 1. The van der Waals surface area contributed by atoms with Crippen molar-refractivity contribution in [3.63, 3.8) is 0 Å². The molecule has 0 saturated carbocycles. The van der Waals surface area contributed by atoms with Crippen LogP contribution in [0.25, 0.3) is 0 Å². The van der Waals surface area contributed by atoms with E-state index >= 15 is 0 Å². The minimum atomic E-state index is -3.57. The fourth-order valence-corrected chi connectivity index (χ4v) is 3.50. The van der Waals surface area contributed by atoms with Gasteiger partial charge in [0.2, 0.25) is 0 Å². The van der Waals surface area contributed by atoms with Crippen molar-refractivity contribution in [3.05, 3.63) is 59.2 Å². The predicted octanol–water partition coefficient (Wildman–Crippen LogP) is 1.57. The van der Waals surface area contributed by atoms with Crippen molar-refractivity contribution >= 4 is 33.2 Å². The van der Waals surface area contributed by atoms with Gasteiger partial charge in [-0.3, -0.25) is 19.3 Å². The Balaban J connectivity index is 1.94. The van der Waals surface area contributed by atoms with Gasteiger partial charge in [-0.2, -0.15) is 0 Å². The number of nitrogens with zero attached hydrogens (tertiary/aromatic N) is 1. The summed E-state index contributed by atoms with van der Waals surface area (Å²) in [5.74, 6) is -1.47. The molecule has 0 spiro atoms. The van der Waals surface area contributed by atoms with Crippen LogP contribution < -0.4 is 5.32 Å². The molecular weight excluding hydrogens is 344 g/mol. The third-order valence-electron chi connectivity index (χ3n) is 3.88. The van der Waals surface area contributed by atoms with Gasteiger partial charge in [0.05, 0.1) is 21.6 Å². The fraction of sp³-hybridized carbons (Fsp3) is 0.118. The van der Waals surface area contributed by atoms with Crippen LogP contribution in [-0.4, -0.2) is 44.3 Å². The molecule has 0 unspecified atom stereocenters. The van der Waals surface area contributed by atoms with E-state index in [1.54, 1.807) is 6.07 Å². The number of rotatable bonds is 3. The molecule has 0 aliphatic carbocycles. The largest absolute Gasteiger partial charge is 0.322 e. The lowest BCUT2D eigenvalue weighted by atomic mass is 10.1. The normalized spacial score (nSPS) is 13.8. The third-order valence-corrected chi connectivity index (χ3v) is 5.03. The van der Waals surface area contributed by atoms with E-state index < -0.39 is 27.6 Å². The number of carbonyl (C=O) groups excluding carboxylic acids is 3. The molecule has 3 rings (SSSR count). The van der Waals surface area contributed by atoms with Gasteiger partial charge in [-0.25, -0.2) is 8.42 Å². The van der Waals surface area contributed by atoms with Gasteiger partial charge in [0, 0.05) is 19.0 Å². The predicted molar refractivity (Wildman–Crippen MR) is 90.4 cm³/mol. The van der Waals surface area contributed by atoms with Gasteiger partial charge >= 0.3 is 0 Å². The molecule has 0 radical (unpaired) electrons. The Kier molecular flexibility index (Phi) is 3.92. The molecule has 128 valence electrons. The molecule has 0 aromatic heterocycles. The van der Waals surface area contributed by atoms with Crippen LogP contribution in [0.5, 0.6) is 0 Å². The number of fused-ring (bicyclic) bond motifs is 1. The highest BCUT2D eigenvalue weighted by molar-refractivity contribution is 7.90. The molecule has 1 N–H and O–H groups in total. The van der Waals surface area contributed by atoms with E-state index in [1.807, 2.05) is 0 Å². The van der Waals surface area contributed by atoms with Crippen molar-refractivity contribution in [2.24, 2.45) is 0 Å². The first kappa shape index (κ1) is 16.8. The van der Waals surface area contributed by atoms with E-state index in [1.165, 1.54) is 43.4 Å². The van der Waals surface area contributed by atoms with E-state index in [0.717, 1.165) is 11.2 Å². The van der Waals surface area contributed by atoms with Crippen LogP contribution in [0, 0.1) is 0 Å². The number of nitrogens with one attached hydrogen (secondary N) is 1. The van der Waals surface area contributed by atoms with E-state index in [-0.39, 0.29) is 21.6 Å². The minimum Gasteiger partial charge on any atom is -0.322 e. The zero-order valence-corrected chi connectivity index (χ0v) is 14.3. The van der Waals surface area contributed by atoms with Crippen molar-refractivity contribution < 1.29 is 22.8 Å². The smallest absolute Gasteiger partial charge is 0.261 e. The first-order chi connectivity index (χ1) is 11.7. The molecule has 0 atom stereocenters. The van der Waals surface area contributed by atoms with Gasteiger partial charge < -0.3 is 5.32 Å². The minimum absolute atomic E-state index is 0.00465. The number of hydrogen-bond donors (Lipinski definition) is 1. The molecule has 0 fully saturated rings. The molecule has 25 heavy (non-hydrogen) atoms. The number of anilines is 1. The van der Waals surface area contributed by atoms with Gasteiger partial charge in [-0.1, -0.05) is 12.1 Å². The Morgan fingerprint density at radius 3 is 2.32 bits per heavy atom. The topological polar surface area (TPSA) is 101 Å². The summed E-state index contributed by atoms with van der Waals surface area (Å²) in [5, 5.41) is 2.57. The van der Waals surface area contributed by atoms with E-state index in [4.69, 9.17) is 0 Å². The molecule has 2 aromatic carbocycles. The fourth-order valence-electron chi connectivity index (χ4n) is 2.62. The Morgan fingerprint density at radius 1 is 1.00 bits per heavy atom. The summed E-state index contributed by atoms with van der Waals surface area (Å²) in [6.07, 6.45) is 1.02. The number of imide groups is 1. The Hall–Kier alpha value is -3.00. The lowest BCUT2D eigenvalue weighted by molar-refractivity contribution is 0.0692. The zero-order chi connectivity index (χ0) is 18.4. The van der Waals surface area contributed by atoms with Crippen molar-refractivity contribution in [1.82, 2.24) is 4.90 Å². The second kappa shape index (κ2) is 5.82. The maximum atomic E-state index is 12.5. The third kappa shape index (κ3) is 2.91. The summed E-state index contributed by atoms with van der Waals surface area (Å²) in [7, 11) is -2.19. The van der Waals surface area contributed by atoms with Crippen LogP contribution in [0.2, 0.25) is 0 Å². The summed E-state index contributed by atoms with van der Waals surface area (Å²) in [4.78, 5) is 37.2. The van der Waals surface area contributed by atoms with Crippen LogP contribution in [0.1, 0.15) is 31.1 Å². The molecule has 0 saturated heterocycles. The summed E-state index contributed by atoms with van der Waals surface area (Å²) >= 11 is 0. The monoisotopic (exact) mass is 358 g/mol. The SMILES string of the molecule is CN1C(=O)c2ccc(NC(=O)c3ccccc3S(C)(=O)=O)cc2C1=O. The highest BCUT2D eigenvalue weighted by Gasteiger charge is 2.32. The van der Waals surface area contributed by atoms with Crippen LogP contribution in [0.3, 0.4) is 0 Å². The van der Waals surface area contributed by atoms with Crippen molar-refractivity contribution in [2.75, 3.05) is 18.6 Å². The molecule has 2 aromatic rings. The lowest BCUT2D eigenvalue weighted by Crippen LogP contribution is -2.24. The number of amides is 3. The quantitative estimate of drug-likeness (QED) is 0.840. The molecule has 3 amide bonds. The highest BCUT2D eigenvalue weighted by atomic mass is 32.2. The molecular formula is C17H14N2O5S. The summed E-state index contributed by atoms with van der Waals surface area (Å²) in [6.45, 7) is 0. The zero-order valence-electron chi connectivity index (χ0n) is 13.4. The second-order valence-corrected chi connectivity index (χ2v) is 7.64. The Bertz CT molecular complexity index is 1030. The van der Waals surface area contributed by atoms with Crippen molar-refractivity contribution in [3.8, 4) is 0 Å². The summed E-state index contributed by atoms with van der Waals surface area (Å²) in [5.41, 5.74) is 0.761. The van der Waals surface area contributed by atoms with Gasteiger partial charge in [0.1, 0.15) is 0 Å². The average molecular weight is 358 g/mol. The first-order valence-corrected chi connectivity index (χ1v) is 9.16. The number of benzene rings is 2. The molecule has 0 bridgehead atoms. The van der Waals surface area contributed by atoms with Gasteiger partial charge in [0.15, 0.2) is 9.84 Å². The number of carbonyl (C=O) groups is 3. The van der Waals surface area contributed by atoms with Gasteiger partial charge in [-0.05, 0) is 30.3 Å². The van der Waals surface area contributed by atoms with E-state index in [9.17, 15) is 22.8 Å². The van der Waals surface area contributed by atoms with Gasteiger partial charge in [0.25, 0.3) is 17.7 Å². The second-order valence-electron chi connectivity index (χ2n) is 5.65. The number of hydrogen-bond acceptors (Lipinski definition) is 5. The maximum absolute atomic E-state index is 12.5. The van der Waals surface area contributed by atoms with Gasteiger partial charge in [-0.15, -0.1) is 0 Å². The average Bonchev–Trinajstić information content (AvgIpc) is 2.78. The standard InChI is InChI=1S/C17H14N2O5S/c1-19-16(21)11-8-7-10(9-13(11)17(19)22)18-15(20)12-5-3-4-6-14(12)25(2,23)24/h3-9H,1-2H3,(H,18,20). The van der Waals surface area contributed by atoms with Crippen molar-refractivity contribution in [1.29, 1.82) is 0 Å². The van der Waals surface area contributed by atoms with Crippen molar-refractivity contribution in [2.45, 2.75) is 4.90 Å². The summed E-state index contributed by atoms with van der Waals surface area (Å²) < 4.78 is 23.6. The molecule has 7 nitrogen and oxygen atoms in total. The molecule has 1 aliphatic heterocycles. The van der Waals surface area contributed by atoms with Crippen LogP contribution in [0.15, 0.2) is 47.4 Å². The maximum Gasteiger partial charge on any atom is 0.261 e. The van der Waals surface area contributed by atoms with Crippen LogP contribution in [-0.2, 0) is 9.84 Å². The molecule has 1 aliphatic rings.